The molecule has 0 amide bonds. The van der Waals surface area contributed by atoms with Crippen molar-refractivity contribution >= 4 is 22.2 Å². The highest BCUT2D eigenvalue weighted by Gasteiger charge is 2.27. The van der Waals surface area contributed by atoms with Crippen LogP contribution in [0.2, 0.25) is 0 Å². The Hall–Kier alpha value is -2.09. The summed E-state index contributed by atoms with van der Waals surface area (Å²) in [7, 11) is 1.64. The number of hydrogen-bond donors (Lipinski definition) is 0. The molecule has 6 nitrogen and oxygen atoms in total. The summed E-state index contributed by atoms with van der Waals surface area (Å²) in [5.74, 6) is 1.05. The van der Waals surface area contributed by atoms with Gasteiger partial charge in [0.1, 0.15) is 12.0 Å². The van der Waals surface area contributed by atoms with Crippen LogP contribution in [0, 0.1) is 13.8 Å². The maximum absolute atomic E-state index is 13.2. The number of benzene rings is 1. The number of aromatic nitrogens is 3. The monoisotopic (exact) mass is 387 g/mol. The van der Waals surface area contributed by atoms with Crippen LogP contribution in [0.4, 0.5) is 0 Å². The average Bonchev–Trinajstić information content (AvgIpc) is 3.04. The molecule has 7 heteroatoms. The van der Waals surface area contributed by atoms with E-state index >= 15 is 0 Å². The first kappa shape index (κ1) is 19.7. The van der Waals surface area contributed by atoms with Crippen LogP contribution in [-0.4, -0.2) is 32.8 Å². The molecule has 3 aromatic rings. The number of nitrogens with zero attached hydrogens (tertiary/aromatic N) is 3. The molecular weight excluding hydrogens is 362 g/mol. The van der Waals surface area contributed by atoms with Gasteiger partial charge in [-0.3, -0.25) is 9.55 Å². The lowest BCUT2D eigenvalue weighted by molar-refractivity contribution is 0.0215. The summed E-state index contributed by atoms with van der Waals surface area (Å²) < 4.78 is 26.4. The SMILES string of the molecule is CCOC(C)n1c([S+]([O-])Cc2ncc(C)c(OC)c2C)nc2ccccc21. The quantitative estimate of drug-likeness (QED) is 0.575. The van der Waals surface area contributed by atoms with Crippen molar-refractivity contribution in [3.8, 4) is 5.75 Å². The largest absolute Gasteiger partial charge is 0.609 e. The van der Waals surface area contributed by atoms with Gasteiger partial charge in [0.2, 0.25) is 0 Å². The predicted octanol–water partition coefficient (Wildman–Crippen LogP) is 3.92. The zero-order chi connectivity index (χ0) is 19.6. The summed E-state index contributed by atoms with van der Waals surface area (Å²) >= 11 is -1.38. The minimum atomic E-state index is -1.38. The van der Waals surface area contributed by atoms with Crippen molar-refractivity contribution in [1.82, 2.24) is 14.5 Å². The smallest absolute Gasteiger partial charge is 0.326 e. The lowest BCUT2D eigenvalue weighted by Crippen LogP contribution is -2.18. The molecule has 27 heavy (non-hydrogen) atoms. The Labute approximate surface area is 162 Å². The minimum Gasteiger partial charge on any atom is -0.609 e. The molecule has 144 valence electrons. The number of pyridine rings is 1. The molecule has 2 heterocycles. The van der Waals surface area contributed by atoms with E-state index in [0.717, 1.165) is 33.6 Å². The molecule has 0 aliphatic rings. The zero-order valence-electron chi connectivity index (χ0n) is 16.4. The molecule has 0 N–H and O–H groups in total. The van der Waals surface area contributed by atoms with Gasteiger partial charge in [0.25, 0.3) is 0 Å². The topological polar surface area (TPSA) is 72.2 Å². The molecular formula is C20H25N3O3S. The van der Waals surface area contributed by atoms with E-state index in [1.165, 1.54) is 0 Å². The first-order chi connectivity index (χ1) is 13.0. The highest BCUT2D eigenvalue weighted by molar-refractivity contribution is 7.90. The minimum absolute atomic E-state index is 0.261. The third-order valence-corrected chi connectivity index (χ3v) is 5.79. The van der Waals surface area contributed by atoms with Crippen molar-refractivity contribution in [2.45, 2.75) is 44.8 Å². The van der Waals surface area contributed by atoms with E-state index in [9.17, 15) is 4.55 Å². The van der Waals surface area contributed by atoms with Crippen LogP contribution >= 0.6 is 0 Å². The summed E-state index contributed by atoms with van der Waals surface area (Å²) in [6, 6.07) is 7.76. The summed E-state index contributed by atoms with van der Waals surface area (Å²) in [6.07, 6.45) is 1.49. The Morgan fingerprint density at radius 3 is 2.70 bits per heavy atom. The summed E-state index contributed by atoms with van der Waals surface area (Å²) in [5.41, 5.74) is 4.33. The molecule has 0 aliphatic heterocycles. The second kappa shape index (κ2) is 8.29. The van der Waals surface area contributed by atoms with Gasteiger partial charge >= 0.3 is 5.16 Å². The second-order valence-electron chi connectivity index (χ2n) is 6.34. The van der Waals surface area contributed by atoms with Crippen LogP contribution in [0.3, 0.4) is 0 Å². The molecule has 2 atom stereocenters. The fraction of sp³-hybridized carbons (Fsp3) is 0.400. The molecule has 0 saturated carbocycles. The van der Waals surface area contributed by atoms with Crippen molar-refractivity contribution in [2.24, 2.45) is 0 Å². The van der Waals surface area contributed by atoms with Crippen molar-refractivity contribution in [3.05, 3.63) is 47.3 Å². The van der Waals surface area contributed by atoms with Gasteiger partial charge in [0, 0.05) is 35.1 Å². The number of rotatable bonds is 7. The van der Waals surface area contributed by atoms with Crippen LogP contribution in [0.15, 0.2) is 35.6 Å². The molecule has 0 bridgehead atoms. The van der Waals surface area contributed by atoms with E-state index in [2.05, 4.69) is 9.97 Å². The number of methoxy groups -OCH3 is 1. The third kappa shape index (κ3) is 3.81. The number of fused-ring (bicyclic) bond motifs is 1. The maximum Gasteiger partial charge on any atom is 0.326 e. The molecule has 0 saturated heterocycles. The molecule has 0 radical (unpaired) electrons. The Morgan fingerprint density at radius 2 is 2.00 bits per heavy atom. The Bertz CT molecular complexity index is 942. The molecule has 0 spiro atoms. The molecule has 2 aromatic heterocycles. The van der Waals surface area contributed by atoms with Gasteiger partial charge in [-0.15, -0.1) is 0 Å². The van der Waals surface area contributed by atoms with Crippen molar-refractivity contribution < 1.29 is 14.0 Å². The first-order valence-electron chi connectivity index (χ1n) is 8.93. The van der Waals surface area contributed by atoms with Crippen LogP contribution in [0.1, 0.15) is 36.9 Å². The number of hydrogen-bond acceptors (Lipinski definition) is 5. The van der Waals surface area contributed by atoms with E-state index in [0.29, 0.717) is 11.8 Å². The Balaban J connectivity index is 2.01. The summed E-state index contributed by atoms with van der Waals surface area (Å²) in [4.78, 5) is 9.10. The molecule has 3 rings (SSSR count). The average molecular weight is 388 g/mol. The zero-order valence-corrected chi connectivity index (χ0v) is 17.2. The van der Waals surface area contributed by atoms with Crippen LogP contribution in [0.5, 0.6) is 5.75 Å². The summed E-state index contributed by atoms with van der Waals surface area (Å²) in [6.45, 7) is 8.34. The maximum atomic E-state index is 13.2. The predicted molar refractivity (Wildman–Crippen MR) is 106 cm³/mol. The number of aryl methyl sites for hydroxylation is 1. The highest BCUT2D eigenvalue weighted by Crippen LogP contribution is 2.29. The van der Waals surface area contributed by atoms with Crippen LogP contribution < -0.4 is 4.74 Å². The van der Waals surface area contributed by atoms with Crippen molar-refractivity contribution in [3.63, 3.8) is 0 Å². The van der Waals surface area contributed by atoms with Gasteiger partial charge < -0.3 is 14.0 Å². The van der Waals surface area contributed by atoms with Gasteiger partial charge in [-0.05, 0) is 39.8 Å². The van der Waals surface area contributed by atoms with E-state index in [1.54, 1.807) is 13.3 Å². The number of ether oxygens (including phenoxy) is 2. The highest BCUT2D eigenvalue weighted by atomic mass is 32.2. The molecule has 1 aromatic carbocycles. The van der Waals surface area contributed by atoms with Crippen molar-refractivity contribution in [2.75, 3.05) is 13.7 Å². The third-order valence-electron chi connectivity index (χ3n) is 4.56. The fourth-order valence-electron chi connectivity index (χ4n) is 3.26. The van der Waals surface area contributed by atoms with Crippen molar-refractivity contribution in [1.29, 1.82) is 0 Å². The van der Waals surface area contributed by atoms with Crippen LogP contribution in [0.25, 0.3) is 11.0 Å². The normalized spacial score (nSPS) is 13.7. The van der Waals surface area contributed by atoms with E-state index in [-0.39, 0.29) is 12.0 Å². The van der Waals surface area contributed by atoms with E-state index in [4.69, 9.17) is 9.47 Å². The number of para-hydroxylation sites is 2. The van der Waals surface area contributed by atoms with Gasteiger partial charge in [-0.25, -0.2) is 0 Å². The molecule has 2 unspecified atom stereocenters. The van der Waals surface area contributed by atoms with Crippen LogP contribution in [-0.2, 0) is 21.7 Å². The fourth-order valence-corrected chi connectivity index (χ4v) is 4.59. The van der Waals surface area contributed by atoms with Gasteiger partial charge in [0.15, 0.2) is 5.75 Å². The first-order valence-corrected chi connectivity index (χ1v) is 10.3. The second-order valence-corrected chi connectivity index (χ2v) is 7.69. The van der Waals surface area contributed by atoms with Gasteiger partial charge in [-0.1, -0.05) is 12.1 Å². The summed E-state index contributed by atoms with van der Waals surface area (Å²) in [5, 5.41) is 0.498. The molecule has 0 fully saturated rings. The van der Waals surface area contributed by atoms with E-state index in [1.807, 2.05) is 56.5 Å². The lowest BCUT2D eigenvalue weighted by Gasteiger charge is -2.18. The van der Waals surface area contributed by atoms with Gasteiger partial charge in [0.05, 0.1) is 23.8 Å². The number of imidazole rings is 1. The Morgan fingerprint density at radius 1 is 1.26 bits per heavy atom. The lowest BCUT2D eigenvalue weighted by atomic mass is 10.1. The van der Waals surface area contributed by atoms with E-state index < -0.39 is 11.2 Å². The van der Waals surface area contributed by atoms with Gasteiger partial charge in [-0.2, -0.15) is 4.98 Å². The standard InChI is InChI=1S/C20H25N3O3S/c1-6-26-15(4)23-18-10-8-7-9-16(18)22-20(23)27(24)12-17-14(3)19(25-5)13(2)11-21-17/h7-11,15H,6,12H2,1-5H3. The molecule has 0 aliphatic carbocycles. The Kier molecular flexibility index (Phi) is 6.04.